The molecular weight excluding hydrogens is 300 g/mol. The van der Waals surface area contributed by atoms with Crippen molar-refractivity contribution in [2.75, 3.05) is 19.6 Å². The fraction of sp³-hybridized carbons (Fsp3) is 0.684. The molecule has 0 aliphatic heterocycles. The van der Waals surface area contributed by atoms with Gasteiger partial charge >= 0.3 is 0 Å². The monoisotopic (exact) mass is 334 g/mol. The predicted octanol–water partition coefficient (Wildman–Crippen LogP) is 2.82. The summed E-state index contributed by atoms with van der Waals surface area (Å²) in [5.74, 6) is 0.767. The summed E-state index contributed by atoms with van der Waals surface area (Å²) in [5.41, 5.74) is 1.55. The van der Waals surface area contributed by atoms with Crippen LogP contribution < -0.4 is 10.6 Å². The van der Waals surface area contributed by atoms with Crippen LogP contribution in [0.4, 0.5) is 0 Å². The molecule has 0 aliphatic carbocycles. The number of hydrogen-bond donors (Lipinski definition) is 3. The van der Waals surface area contributed by atoms with Gasteiger partial charge in [0, 0.05) is 25.0 Å². The third-order valence-corrected chi connectivity index (χ3v) is 3.99. The first-order valence-electron chi connectivity index (χ1n) is 9.19. The molecule has 0 fully saturated rings. The van der Waals surface area contributed by atoms with Crippen LogP contribution in [0.5, 0.6) is 0 Å². The molecule has 0 atom stereocenters. The average molecular weight is 335 g/mol. The second kappa shape index (κ2) is 11.0. The van der Waals surface area contributed by atoms with E-state index >= 15 is 0 Å². The van der Waals surface area contributed by atoms with E-state index < -0.39 is 5.60 Å². The minimum atomic E-state index is -0.688. The molecule has 0 saturated heterocycles. The molecule has 0 unspecified atom stereocenters. The quantitative estimate of drug-likeness (QED) is 0.454. The van der Waals surface area contributed by atoms with E-state index in [9.17, 15) is 5.11 Å². The molecular formula is C19H34N4O. The van der Waals surface area contributed by atoms with Gasteiger partial charge in [-0.25, -0.2) is 0 Å². The molecule has 1 aromatic heterocycles. The van der Waals surface area contributed by atoms with Crippen molar-refractivity contribution in [2.24, 2.45) is 4.99 Å². The Morgan fingerprint density at radius 2 is 1.88 bits per heavy atom. The van der Waals surface area contributed by atoms with Crippen LogP contribution in [0.25, 0.3) is 0 Å². The maximum absolute atomic E-state index is 10.7. The maximum Gasteiger partial charge on any atom is 0.191 e. The second-order valence-corrected chi connectivity index (χ2v) is 6.40. The van der Waals surface area contributed by atoms with Gasteiger partial charge in [0.2, 0.25) is 0 Å². The van der Waals surface area contributed by atoms with E-state index in [0.29, 0.717) is 6.54 Å². The summed E-state index contributed by atoms with van der Waals surface area (Å²) in [7, 11) is 0. The van der Waals surface area contributed by atoms with Crippen molar-refractivity contribution < 1.29 is 5.11 Å². The molecule has 0 amide bonds. The average Bonchev–Trinajstić information content (AvgIpc) is 2.55. The number of aliphatic imine (C=N–C) groups is 1. The standard InChI is InChI=1S/C19H34N4O/c1-5-11-19(24,12-6-2)15-23-18(20-7-3)21-13-10-17-9-8-16(4)22-14-17/h8-9,14,24H,5-7,10-13,15H2,1-4H3,(H2,20,21,23). The predicted molar refractivity (Wildman–Crippen MR) is 101 cm³/mol. The Balaban J connectivity index is 2.56. The zero-order valence-electron chi connectivity index (χ0n) is 15.7. The fourth-order valence-corrected chi connectivity index (χ4v) is 2.75. The number of nitrogens with zero attached hydrogens (tertiary/aromatic N) is 2. The van der Waals surface area contributed by atoms with Gasteiger partial charge in [-0.2, -0.15) is 0 Å². The van der Waals surface area contributed by atoms with Crippen molar-refractivity contribution in [3.8, 4) is 0 Å². The summed E-state index contributed by atoms with van der Waals surface area (Å²) in [6.07, 6.45) is 6.33. The van der Waals surface area contributed by atoms with Gasteiger partial charge in [-0.15, -0.1) is 0 Å². The molecule has 0 radical (unpaired) electrons. The summed E-state index contributed by atoms with van der Waals surface area (Å²) in [6, 6.07) is 4.14. The van der Waals surface area contributed by atoms with Crippen molar-refractivity contribution in [3.05, 3.63) is 29.6 Å². The minimum absolute atomic E-state index is 0.441. The van der Waals surface area contributed by atoms with Gasteiger partial charge in [0.15, 0.2) is 5.96 Å². The molecule has 0 spiro atoms. The topological polar surface area (TPSA) is 69.5 Å². The lowest BCUT2D eigenvalue weighted by molar-refractivity contribution is 0.0306. The van der Waals surface area contributed by atoms with Crippen LogP contribution in [-0.4, -0.2) is 41.3 Å². The van der Waals surface area contributed by atoms with Gasteiger partial charge in [-0.3, -0.25) is 9.98 Å². The number of aliphatic hydroxyl groups is 1. The Morgan fingerprint density at radius 3 is 2.42 bits per heavy atom. The molecule has 5 nitrogen and oxygen atoms in total. The van der Waals surface area contributed by atoms with Crippen LogP contribution >= 0.6 is 0 Å². The Labute approximate surface area is 147 Å². The first-order valence-corrected chi connectivity index (χ1v) is 9.19. The summed E-state index contributed by atoms with van der Waals surface area (Å²) in [4.78, 5) is 8.91. The summed E-state index contributed by atoms with van der Waals surface area (Å²) in [6.45, 7) is 10.3. The van der Waals surface area contributed by atoms with Crippen LogP contribution in [0.15, 0.2) is 23.3 Å². The largest absolute Gasteiger partial charge is 0.388 e. The molecule has 0 aliphatic rings. The minimum Gasteiger partial charge on any atom is -0.388 e. The van der Waals surface area contributed by atoms with E-state index in [1.165, 1.54) is 5.56 Å². The van der Waals surface area contributed by atoms with Crippen molar-refractivity contribution >= 4 is 5.96 Å². The molecule has 0 bridgehead atoms. The molecule has 136 valence electrons. The van der Waals surface area contributed by atoms with Gasteiger partial charge in [0.05, 0.1) is 12.1 Å². The third kappa shape index (κ3) is 7.77. The van der Waals surface area contributed by atoms with Gasteiger partial charge < -0.3 is 15.7 Å². The highest BCUT2D eigenvalue weighted by Crippen LogP contribution is 2.19. The van der Waals surface area contributed by atoms with Crippen LogP contribution in [0.1, 0.15) is 57.7 Å². The van der Waals surface area contributed by atoms with Crippen molar-refractivity contribution in [2.45, 2.75) is 65.4 Å². The van der Waals surface area contributed by atoms with Crippen LogP contribution in [0.2, 0.25) is 0 Å². The number of hydrogen-bond acceptors (Lipinski definition) is 3. The lowest BCUT2D eigenvalue weighted by atomic mass is 9.93. The van der Waals surface area contributed by atoms with E-state index in [0.717, 1.165) is 56.8 Å². The third-order valence-electron chi connectivity index (χ3n) is 3.99. The molecule has 3 N–H and O–H groups in total. The maximum atomic E-state index is 10.7. The Hall–Kier alpha value is -1.62. The zero-order chi connectivity index (χ0) is 17.8. The normalized spacial score (nSPS) is 12.3. The fourth-order valence-electron chi connectivity index (χ4n) is 2.75. The Bertz CT molecular complexity index is 479. The molecule has 0 saturated carbocycles. The van der Waals surface area contributed by atoms with Crippen LogP contribution in [-0.2, 0) is 6.42 Å². The van der Waals surface area contributed by atoms with E-state index in [4.69, 9.17) is 0 Å². The summed E-state index contributed by atoms with van der Waals surface area (Å²) in [5, 5.41) is 17.3. The Kier molecular flexibility index (Phi) is 9.38. The first-order chi connectivity index (χ1) is 11.5. The molecule has 24 heavy (non-hydrogen) atoms. The molecule has 0 aromatic carbocycles. The number of nitrogens with one attached hydrogen (secondary N) is 2. The smallest absolute Gasteiger partial charge is 0.191 e. The van der Waals surface area contributed by atoms with Crippen molar-refractivity contribution in [1.82, 2.24) is 15.6 Å². The molecule has 1 rings (SSSR count). The lowest BCUT2D eigenvalue weighted by Crippen LogP contribution is -2.40. The highest BCUT2D eigenvalue weighted by atomic mass is 16.3. The van der Waals surface area contributed by atoms with Gasteiger partial charge in [0.1, 0.15) is 0 Å². The van der Waals surface area contributed by atoms with Crippen LogP contribution in [0.3, 0.4) is 0 Å². The van der Waals surface area contributed by atoms with E-state index in [1.807, 2.05) is 26.1 Å². The van der Waals surface area contributed by atoms with Crippen molar-refractivity contribution in [1.29, 1.82) is 0 Å². The number of guanidine groups is 1. The zero-order valence-corrected chi connectivity index (χ0v) is 15.7. The molecule has 5 heteroatoms. The van der Waals surface area contributed by atoms with Gasteiger partial charge in [-0.05, 0) is 44.7 Å². The number of aryl methyl sites for hydroxylation is 1. The number of pyridine rings is 1. The van der Waals surface area contributed by atoms with E-state index in [2.05, 4.69) is 40.5 Å². The number of rotatable bonds is 10. The van der Waals surface area contributed by atoms with Crippen molar-refractivity contribution in [3.63, 3.8) is 0 Å². The van der Waals surface area contributed by atoms with Crippen LogP contribution in [0, 0.1) is 6.92 Å². The molecule has 1 heterocycles. The highest BCUT2D eigenvalue weighted by Gasteiger charge is 2.24. The molecule has 1 aromatic rings. The first kappa shape index (κ1) is 20.4. The lowest BCUT2D eigenvalue weighted by Gasteiger charge is -2.26. The number of aromatic nitrogens is 1. The Morgan fingerprint density at radius 1 is 1.17 bits per heavy atom. The second-order valence-electron chi connectivity index (χ2n) is 6.40. The van der Waals surface area contributed by atoms with Gasteiger partial charge in [0.25, 0.3) is 0 Å². The van der Waals surface area contributed by atoms with Gasteiger partial charge in [-0.1, -0.05) is 32.8 Å². The van der Waals surface area contributed by atoms with E-state index in [-0.39, 0.29) is 0 Å². The highest BCUT2D eigenvalue weighted by molar-refractivity contribution is 5.79. The summed E-state index contributed by atoms with van der Waals surface area (Å²) < 4.78 is 0. The SMILES string of the molecule is CCCC(O)(CCC)CN=C(NCC)NCCc1ccc(C)nc1. The van der Waals surface area contributed by atoms with E-state index in [1.54, 1.807) is 0 Å². The summed E-state index contributed by atoms with van der Waals surface area (Å²) >= 11 is 0.